The van der Waals surface area contributed by atoms with Crippen LogP contribution in [0.1, 0.15) is 0 Å². The van der Waals surface area contributed by atoms with Crippen molar-refractivity contribution in [1.82, 2.24) is 5.32 Å². The van der Waals surface area contributed by atoms with Crippen LogP contribution in [0.15, 0.2) is 28.7 Å². The number of rotatable bonds is 7. The Bertz CT molecular complexity index is 441. The molecular formula is C12H14BrF3N2O2. The summed E-state index contributed by atoms with van der Waals surface area (Å²) in [5.74, 6) is -0.279. The predicted molar refractivity (Wildman–Crippen MR) is 72.5 cm³/mol. The van der Waals surface area contributed by atoms with Crippen LogP contribution in [0, 0.1) is 0 Å². The Morgan fingerprint density at radius 3 is 2.75 bits per heavy atom. The number of alkyl halides is 3. The van der Waals surface area contributed by atoms with Crippen molar-refractivity contribution in [3.63, 3.8) is 0 Å². The Kier molecular flexibility index (Phi) is 6.97. The average Bonchev–Trinajstić information content (AvgIpc) is 2.32. The Labute approximate surface area is 122 Å². The summed E-state index contributed by atoms with van der Waals surface area (Å²) in [6, 6.07) is 7.07. The normalized spacial score (nSPS) is 11.4. The number of nitrogens with one attached hydrogen (secondary N) is 2. The first-order valence-corrected chi connectivity index (χ1v) is 6.57. The molecule has 0 aliphatic rings. The lowest BCUT2D eigenvalue weighted by atomic mass is 10.3. The molecule has 8 heteroatoms. The number of carbonyl (C=O) groups is 1. The van der Waals surface area contributed by atoms with Crippen molar-refractivity contribution in [1.29, 1.82) is 0 Å². The quantitative estimate of drug-likeness (QED) is 0.740. The third-order valence-corrected chi connectivity index (χ3v) is 2.58. The lowest BCUT2D eigenvalue weighted by molar-refractivity contribution is -0.173. The van der Waals surface area contributed by atoms with E-state index in [1.54, 1.807) is 18.2 Å². The number of carbonyl (C=O) groups excluding carboxylic acids is 1. The first kappa shape index (κ1) is 16.9. The molecule has 0 fully saturated rings. The van der Waals surface area contributed by atoms with Gasteiger partial charge in [-0.2, -0.15) is 13.2 Å². The number of halogens is 4. The lowest BCUT2D eigenvalue weighted by Gasteiger charge is -2.09. The molecule has 0 aromatic heterocycles. The third kappa shape index (κ3) is 8.13. The number of benzene rings is 1. The predicted octanol–water partition coefficient (Wildman–Crippen LogP) is 2.56. The molecule has 112 valence electrons. The van der Waals surface area contributed by atoms with Gasteiger partial charge >= 0.3 is 6.18 Å². The molecule has 0 unspecified atom stereocenters. The van der Waals surface area contributed by atoms with Gasteiger partial charge in [0.15, 0.2) is 0 Å². The molecule has 1 rings (SSSR count). The summed E-state index contributed by atoms with van der Waals surface area (Å²) < 4.78 is 40.5. The molecule has 4 nitrogen and oxygen atoms in total. The summed E-state index contributed by atoms with van der Waals surface area (Å²) in [6.07, 6.45) is -4.32. The Hall–Kier alpha value is -1.12. The number of hydrogen-bond acceptors (Lipinski definition) is 3. The minimum absolute atomic E-state index is 0.00188. The van der Waals surface area contributed by atoms with E-state index in [-0.39, 0.29) is 25.6 Å². The van der Waals surface area contributed by atoms with E-state index in [1.807, 2.05) is 6.07 Å². The van der Waals surface area contributed by atoms with E-state index in [0.717, 1.165) is 4.47 Å². The van der Waals surface area contributed by atoms with Gasteiger partial charge in [-0.25, -0.2) is 0 Å². The standard InChI is InChI=1S/C12H14BrF3N2O2/c13-9-2-1-3-10(6-9)18-11(19)7-17-4-5-20-8-12(14,15)16/h1-3,6,17H,4-5,7-8H2,(H,18,19). The first-order chi connectivity index (χ1) is 9.37. The second-order valence-electron chi connectivity index (χ2n) is 3.90. The van der Waals surface area contributed by atoms with E-state index in [2.05, 4.69) is 31.3 Å². The summed E-state index contributed by atoms with van der Waals surface area (Å²) >= 11 is 3.27. The highest BCUT2D eigenvalue weighted by Crippen LogP contribution is 2.15. The van der Waals surface area contributed by atoms with Crippen molar-refractivity contribution in [3.8, 4) is 0 Å². The maximum Gasteiger partial charge on any atom is 0.411 e. The highest BCUT2D eigenvalue weighted by molar-refractivity contribution is 9.10. The fraction of sp³-hybridized carbons (Fsp3) is 0.417. The summed E-state index contributed by atoms with van der Waals surface area (Å²) in [7, 11) is 0. The molecule has 0 bridgehead atoms. The third-order valence-electron chi connectivity index (χ3n) is 2.08. The zero-order valence-electron chi connectivity index (χ0n) is 10.5. The number of ether oxygens (including phenoxy) is 1. The molecule has 1 aromatic rings. The zero-order valence-corrected chi connectivity index (χ0v) is 12.1. The van der Waals surface area contributed by atoms with Gasteiger partial charge in [0.2, 0.25) is 5.91 Å². The Morgan fingerprint density at radius 2 is 2.10 bits per heavy atom. The average molecular weight is 355 g/mol. The largest absolute Gasteiger partial charge is 0.411 e. The summed E-state index contributed by atoms with van der Waals surface area (Å²) in [6.45, 7) is -1.22. The Morgan fingerprint density at radius 1 is 1.35 bits per heavy atom. The molecule has 0 heterocycles. The maximum atomic E-state index is 11.8. The van der Waals surface area contributed by atoms with Gasteiger partial charge in [0.05, 0.1) is 13.2 Å². The van der Waals surface area contributed by atoms with E-state index in [0.29, 0.717) is 5.69 Å². The van der Waals surface area contributed by atoms with Crippen LogP contribution >= 0.6 is 15.9 Å². The highest BCUT2D eigenvalue weighted by Gasteiger charge is 2.27. The molecule has 0 saturated heterocycles. The van der Waals surface area contributed by atoms with Crippen LogP contribution in [0.3, 0.4) is 0 Å². The van der Waals surface area contributed by atoms with Gasteiger partial charge in [-0.3, -0.25) is 4.79 Å². The van der Waals surface area contributed by atoms with Gasteiger partial charge in [0.25, 0.3) is 0 Å². The van der Waals surface area contributed by atoms with Crippen molar-refractivity contribution >= 4 is 27.5 Å². The molecule has 1 aromatic carbocycles. The molecule has 0 aliphatic carbocycles. The van der Waals surface area contributed by atoms with E-state index in [9.17, 15) is 18.0 Å². The van der Waals surface area contributed by atoms with Crippen molar-refractivity contribution in [2.75, 3.05) is 31.6 Å². The topological polar surface area (TPSA) is 50.4 Å². The molecular weight excluding hydrogens is 341 g/mol. The number of hydrogen-bond donors (Lipinski definition) is 2. The van der Waals surface area contributed by atoms with Gasteiger partial charge in [-0.05, 0) is 18.2 Å². The van der Waals surface area contributed by atoms with Crippen LogP contribution < -0.4 is 10.6 Å². The SMILES string of the molecule is O=C(CNCCOCC(F)(F)F)Nc1cccc(Br)c1. The smallest absolute Gasteiger partial charge is 0.371 e. The second-order valence-corrected chi connectivity index (χ2v) is 4.82. The number of anilines is 1. The van der Waals surface area contributed by atoms with Crippen LogP contribution in [0.25, 0.3) is 0 Å². The summed E-state index contributed by atoms with van der Waals surface area (Å²) in [4.78, 5) is 11.5. The molecule has 2 N–H and O–H groups in total. The first-order valence-electron chi connectivity index (χ1n) is 5.77. The van der Waals surface area contributed by atoms with E-state index in [1.165, 1.54) is 0 Å². The second kappa shape index (κ2) is 8.23. The van der Waals surface area contributed by atoms with Crippen molar-refractivity contribution < 1.29 is 22.7 Å². The van der Waals surface area contributed by atoms with Crippen LogP contribution in [0.4, 0.5) is 18.9 Å². The van der Waals surface area contributed by atoms with E-state index < -0.39 is 12.8 Å². The van der Waals surface area contributed by atoms with Crippen LogP contribution in [0.2, 0.25) is 0 Å². The summed E-state index contributed by atoms with van der Waals surface area (Å²) in [5.41, 5.74) is 0.638. The molecule has 1 amide bonds. The van der Waals surface area contributed by atoms with Crippen molar-refractivity contribution in [3.05, 3.63) is 28.7 Å². The molecule has 0 atom stereocenters. The fourth-order valence-electron chi connectivity index (χ4n) is 1.31. The van der Waals surface area contributed by atoms with E-state index >= 15 is 0 Å². The Balaban J connectivity index is 2.12. The van der Waals surface area contributed by atoms with Crippen LogP contribution in [-0.4, -0.2) is 38.4 Å². The summed E-state index contributed by atoms with van der Waals surface area (Å²) in [5, 5.41) is 5.34. The molecule has 0 saturated carbocycles. The molecule has 0 aliphatic heterocycles. The molecule has 0 spiro atoms. The monoisotopic (exact) mass is 354 g/mol. The van der Waals surface area contributed by atoms with Gasteiger partial charge < -0.3 is 15.4 Å². The minimum Gasteiger partial charge on any atom is -0.371 e. The van der Waals surface area contributed by atoms with Crippen LogP contribution in [0.5, 0.6) is 0 Å². The van der Waals surface area contributed by atoms with Gasteiger partial charge in [-0.15, -0.1) is 0 Å². The lowest BCUT2D eigenvalue weighted by Crippen LogP contribution is -2.31. The number of amides is 1. The van der Waals surface area contributed by atoms with Gasteiger partial charge in [0.1, 0.15) is 6.61 Å². The zero-order chi connectivity index (χ0) is 15.0. The van der Waals surface area contributed by atoms with Crippen LogP contribution in [-0.2, 0) is 9.53 Å². The maximum absolute atomic E-state index is 11.8. The van der Waals surface area contributed by atoms with Crippen molar-refractivity contribution in [2.45, 2.75) is 6.18 Å². The van der Waals surface area contributed by atoms with Gasteiger partial charge in [-0.1, -0.05) is 22.0 Å². The molecule has 20 heavy (non-hydrogen) atoms. The minimum atomic E-state index is -4.32. The van der Waals surface area contributed by atoms with E-state index in [4.69, 9.17) is 0 Å². The van der Waals surface area contributed by atoms with Gasteiger partial charge in [0, 0.05) is 16.7 Å². The van der Waals surface area contributed by atoms with Crippen molar-refractivity contribution in [2.24, 2.45) is 0 Å². The fourth-order valence-corrected chi connectivity index (χ4v) is 1.70. The molecule has 0 radical (unpaired) electrons. The highest BCUT2D eigenvalue weighted by atomic mass is 79.9.